The summed E-state index contributed by atoms with van der Waals surface area (Å²) in [5.41, 5.74) is 2.90. The second-order valence-electron chi connectivity index (χ2n) is 2.87. The van der Waals surface area contributed by atoms with Gasteiger partial charge in [0.05, 0.1) is 6.54 Å². The molecule has 0 bridgehead atoms. The van der Waals surface area contributed by atoms with Crippen LogP contribution in [0.2, 0.25) is 0 Å². The van der Waals surface area contributed by atoms with Gasteiger partial charge in [0.2, 0.25) is 0 Å². The van der Waals surface area contributed by atoms with Gasteiger partial charge in [-0.05, 0) is 13.0 Å². The number of hydrogen-bond donors (Lipinski definition) is 3. The topological polar surface area (TPSA) is 58.3 Å². The van der Waals surface area contributed by atoms with E-state index in [4.69, 9.17) is 5.73 Å². The number of hydrogen-bond acceptors (Lipinski definition) is 3. The summed E-state index contributed by atoms with van der Waals surface area (Å²) in [6, 6.07) is 0. The van der Waals surface area contributed by atoms with Crippen LogP contribution in [0.5, 0.6) is 0 Å². The third-order valence-electron chi connectivity index (χ3n) is 2.07. The van der Waals surface area contributed by atoms with Gasteiger partial charge in [0.25, 0.3) is 5.92 Å². The molecule has 1 fully saturated rings. The van der Waals surface area contributed by atoms with E-state index in [2.05, 4.69) is 5.32 Å². The van der Waals surface area contributed by atoms with Crippen molar-refractivity contribution in [2.24, 2.45) is 5.73 Å². The van der Waals surface area contributed by atoms with Crippen molar-refractivity contribution in [3.8, 4) is 0 Å². The Morgan fingerprint density at radius 3 is 2.64 bits per heavy atom. The molecule has 0 radical (unpaired) electrons. The molecule has 5 heteroatoms. The number of nitrogens with two attached hydrogens (primary N) is 1. The first-order valence-corrected chi connectivity index (χ1v) is 3.53. The number of β-amino-alcohol motifs (C(OH)–C–C–N with tert-alkyl or cyclic N) is 1. The minimum absolute atomic E-state index is 0.0667. The standard InChI is InChI=1S/C6H12F2N2O/c7-6(8,3-9)5(11)1-2-10-4-5/h10-11H,1-4,9H2. The van der Waals surface area contributed by atoms with Gasteiger partial charge in [-0.3, -0.25) is 0 Å². The Morgan fingerprint density at radius 2 is 2.27 bits per heavy atom. The number of rotatable bonds is 2. The van der Waals surface area contributed by atoms with Crippen LogP contribution < -0.4 is 11.1 Å². The third kappa shape index (κ3) is 1.36. The van der Waals surface area contributed by atoms with Gasteiger partial charge in [0.15, 0.2) is 0 Å². The largest absolute Gasteiger partial charge is 0.382 e. The molecule has 0 aromatic heterocycles. The maximum atomic E-state index is 12.8. The monoisotopic (exact) mass is 166 g/mol. The van der Waals surface area contributed by atoms with Crippen LogP contribution in [0, 0.1) is 0 Å². The van der Waals surface area contributed by atoms with E-state index in [1.54, 1.807) is 0 Å². The van der Waals surface area contributed by atoms with Gasteiger partial charge >= 0.3 is 0 Å². The predicted octanol–water partition coefficient (Wildman–Crippen LogP) is -0.695. The van der Waals surface area contributed by atoms with Crippen LogP contribution in [0.4, 0.5) is 8.78 Å². The highest BCUT2D eigenvalue weighted by Crippen LogP contribution is 2.32. The van der Waals surface area contributed by atoms with Crippen molar-refractivity contribution in [1.29, 1.82) is 0 Å². The average Bonchev–Trinajstić information content (AvgIpc) is 2.38. The molecule has 0 spiro atoms. The zero-order valence-electron chi connectivity index (χ0n) is 6.11. The molecule has 1 heterocycles. The Morgan fingerprint density at radius 1 is 1.64 bits per heavy atom. The first-order chi connectivity index (χ1) is 5.02. The molecule has 1 aliphatic heterocycles. The van der Waals surface area contributed by atoms with Crippen molar-refractivity contribution < 1.29 is 13.9 Å². The summed E-state index contributed by atoms with van der Waals surface area (Å²) in [6.45, 7) is -0.450. The summed E-state index contributed by atoms with van der Waals surface area (Å²) in [5, 5.41) is 12.0. The van der Waals surface area contributed by atoms with E-state index >= 15 is 0 Å². The van der Waals surface area contributed by atoms with E-state index in [1.807, 2.05) is 0 Å². The highest BCUT2D eigenvalue weighted by Gasteiger charge is 2.52. The average molecular weight is 166 g/mol. The summed E-state index contributed by atoms with van der Waals surface area (Å²) < 4.78 is 25.7. The Bertz CT molecular complexity index is 146. The molecule has 1 saturated heterocycles. The maximum Gasteiger partial charge on any atom is 0.289 e. The molecule has 1 aliphatic rings. The van der Waals surface area contributed by atoms with Crippen LogP contribution in [0.15, 0.2) is 0 Å². The lowest BCUT2D eigenvalue weighted by atomic mass is 9.95. The Labute approximate surface area is 63.6 Å². The van der Waals surface area contributed by atoms with Crippen molar-refractivity contribution in [3.05, 3.63) is 0 Å². The van der Waals surface area contributed by atoms with Crippen LogP contribution in [0.1, 0.15) is 6.42 Å². The smallest absolute Gasteiger partial charge is 0.289 e. The lowest BCUT2D eigenvalue weighted by Crippen LogP contribution is -2.53. The summed E-state index contributed by atoms with van der Waals surface area (Å²) in [7, 11) is 0. The van der Waals surface area contributed by atoms with E-state index in [0.29, 0.717) is 6.54 Å². The summed E-state index contributed by atoms with van der Waals surface area (Å²) in [5.74, 6) is -3.17. The first-order valence-electron chi connectivity index (χ1n) is 3.53. The lowest BCUT2D eigenvalue weighted by molar-refractivity contribution is -0.162. The highest BCUT2D eigenvalue weighted by atomic mass is 19.3. The molecule has 11 heavy (non-hydrogen) atoms. The van der Waals surface area contributed by atoms with Crippen molar-refractivity contribution >= 4 is 0 Å². The van der Waals surface area contributed by atoms with Gasteiger partial charge in [-0.1, -0.05) is 0 Å². The van der Waals surface area contributed by atoms with Gasteiger partial charge in [0, 0.05) is 6.54 Å². The molecule has 66 valence electrons. The van der Waals surface area contributed by atoms with Crippen LogP contribution in [-0.4, -0.2) is 36.3 Å². The van der Waals surface area contributed by atoms with Gasteiger partial charge < -0.3 is 16.2 Å². The van der Waals surface area contributed by atoms with E-state index in [0.717, 1.165) is 0 Å². The minimum atomic E-state index is -3.17. The molecule has 0 aromatic carbocycles. The third-order valence-corrected chi connectivity index (χ3v) is 2.07. The molecule has 0 saturated carbocycles. The van der Waals surface area contributed by atoms with Crippen LogP contribution >= 0.6 is 0 Å². The van der Waals surface area contributed by atoms with E-state index < -0.39 is 18.1 Å². The quantitative estimate of drug-likeness (QED) is 0.508. The van der Waals surface area contributed by atoms with E-state index in [-0.39, 0.29) is 13.0 Å². The van der Waals surface area contributed by atoms with Gasteiger partial charge in [-0.2, -0.15) is 0 Å². The number of halogens is 2. The molecule has 3 nitrogen and oxygen atoms in total. The van der Waals surface area contributed by atoms with Crippen molar-refractivity contribution in [2.45, 2.75) is 17.9 Å². The minimum Gasteiger partial charge on any atom is -0.382 e. The fraction of sp³-hybridized carbons (Fsp3) is 1.00. The number of aliphatic hydroxyl groups is 1. The zero-order chi connectivity index (χ0) is 8.54. The Kier molecular flexibility index (Phi) is 2.13. The Balaban J connectivity index is 2.69. The SMILES string of the molecule is NCC(F)(F)C1(O)CCNC1. The second-order valence-corrected chi connectivity index (χ2v) is 2.87. The van der Waals surface area contributed by atoms with Crippen molar-refractivity contribution in [1.82, 2.24) is 5.32 Å². The lowest BCUT2D eigenvalue weighted by Gasteiger charge is -2.30. The maximum absolute atomic E-state index is 12.8. The summed E-state index contributed by atoms with van der Waals surface area (Å²) in [6.07, 6.45) is 0.0667. The second kappa shape index (κ2) is 2.66. The molecule has 0 aromatic rings. The Hall–Kier alpha value is -0.260. The van der Waals surface area contributed by atoms with Crippen molar-refractivity contribution in [2.75, 3.05) is 19.6 Å². The van der Waals surface area contributed by atoms with Gasteiger partial charge in [0.1, 0.15) is 5.60 Å². The predicted molar refractivity (Wildman–Crippen MR) is 36.4 cm³/mol. The fourth-order valence-corrected chi connectivity index (χ4v) is 1.18. The van der Waals surface area contributed by atoms with Crippen LogP contribution in [-0.2, 0) is 0 Å². The molecule has 1 atom stereocenters. The first kappa shape index (κ1) is 8.83. The van der Waals surface area contributed by atoms with Gasteiger partial charge in [-0.15, -0.1) is 0 Å². The fourth-order valence-electron chi connectivity index (χ4n) is 1.18. The highest BCUT2D eigenvalue weighted by molar-refractivity contribution is 4.99. The normalized spacial score (nSPS) is 32.7. The molecule has 0 aliphatic carbocycles. The van der Waals surface area contributed by atoms with E-state index in [1.165, 1.54) is 0 Å². The molecule has 1 unspecified atom stereocenters. The molecular weight excluding hydrogens is 154 g/mol. The van der Waals surface area contributed by atoms with Crippen LogP contribution in [0.25, 0.3) is 0 Å². The summed E-state index contributed by atoms with van der Waals surface area (Å²) >= 11 is 0. The van der Waals surface area contributed by atoms with Crippen LogP contribution in [0.3, 0.4) is 0 Å². The van der Waals surface area contributed by atoms with E-state index in [9.17, 15) is 13.9 Å². The number of nitrogens with one attached hydrogen (secondary N) is 1. The molecule has 4 N–H and O–H groups in total. The molecule has 1 rings (SSSR count). The van der Waals surface area contributed by atoms with Gasteiger partial charge in [-0.25, -0.2) is 8.78 Å². The zero-order valence-corrected chi connectivity index (χ0v) is 6.11. The molecule has 0 amide bonds. The summed E-state index contributed by atoms with van der Waals surface area (Å²) in [4.78, 5) is 0. The number of alkyl halides is 2. The molecular formula is C6H12F2N2O. The van der Waals surface area contributed by atoms with Crippen molar-refractivity contribution in [3.63, 3.8) is 0 Å².